The Morgan fingerprint density at radius 1 is 1.02 bits per heavy atom. The average molecular weight is 604 g/mol. The summed E-state index contributed by atoms with van der Waals surface area (Å²) in [5.41, 5.74) is 4.01. The van der Waals surface area contributed by atoms with Crippen LogP contribution in [0.1, 0.15) is 54.4 Å². The molecule has 5 rings (SSSR count). The first-order valence-electron chi connectivity index (χ1n) is 13.8. The number of carbonyl (C=O) groups excluding carboxylic acids is 2. The summed E-state index contributed by atoms with van der Waals surface area (Å²) < 4.78 is 20.0. The molecule has 5 atom stereocenters. The lowest BCUT2D eigenvalue weighted by atomic mass is 9.84. The van der Waals surface area contributed by atoms with Crippen molar-refractivity contribution >= 4 is 29.3 Å². The number of thioether (sulfide) groups is 1. The standard InChI is InChI=1S/C31H33N5O6S/c1-19(40-20(2)38)29(39)32-25-11-7-10-24(16-25)30-41-26(18-43-31-33-34-35-36(31)3)27(22-8-5-4-6-9-22)28(42-30)23-14-12-21(17-37)13-15-23/h4-16,19,26-28,30,37H,17-18H2,1-3H3,(H,32,39)/t19-,26+,27+,28-,30?/m0/s1. The maximum Gasteiger partial charge on any atom is 0.303 e. The van der Waals surface area contributed by atoms with Gasteiger partial charge in [0.2, 0.25) is 5.16 Å². The van der Waals surface area contributed by atoms with E-state index < -0.39 is 30.4 Å². The van der Waals surface area contributed by atoms with E-state index in [-0.39, 0.29) is 18.6 Å². The number of aliphatic hydroxyl groups is 1. The van der Waals surface area contributed by atoms with E-state index in [2.05, 4.69) is 33.0 Å². The number of rotatable bonds is 10. The fourth-order valence-electron chi connectivity index (χ4n) is 4.96. The summed E-state index contributed by atoms with van der Waals surface area (Å²) >= 11 is 1.49. The van der Waals surface area contributed by atoms with E-state index in [1.165, 1.54) is 25.6 Å². The number of hydrogen-bond donors (Lipinski definition) is 2. The summed E-state index contributed by atoms with van der Waals surface area (Å²) in [7, 11) is 1.79. The summed E-state index contributed by atoms with van der Waals surface area (Å²) in [6.45, 7) is 2.71. The molecule has 2 heterocycles. The van der Waals surface area contributed by atoms with Gasteiger partial charge in [-0.2, -0.15) is 0 Å². The average Bonchev–Trinajstić information content (AvgIpc) is 3.44. The fraction of sp³-hybridized carbons (Fsp3) is 0.323. The van der Waals surface area contributed by atoms with Crippen molar-refractivity contribution in [3.05, 3.63) is 101 Å². The second-order valence-electron chi connectivity index (χ2n) is 10.2. The fourth-order valence-corrected chi connectivity index (χ4v) is 5.88. The lowest BCUT2D eigenvalue weighted by Gasteiger charge is -2.43. The number of aliphatic hydroxyl groups excluding tert-OH is 1. The monoisotopic (exact) mass is 603 g/mol. The number of aromatic nitrogens is 4. The molecule has 11 nitrogen and oxygen atoms in total. The van der Waals surface area contributed by atoms with E-state index in [1.807, 2.05) is 48.5 Å². The first kappa shape index (κ1) is 30.4. The van der Waals surface area contributed by atoms with Gasteiger partial charge in [0.1, 0.15) is 0 Å². The Morgan fingerprint density at radius 2 is 1.77 bits per heavy atom. The van der Waals surface area contributed by atoms with Crippen LogP contribution < -0.4 is 5.32 Å². The van der Waals surface area contributed by atoms with Gasteiger partial charge in [0.05, 0.1) is 18.8 Å². The molecule has 2 N–H and O–H groups in total. The summed E-state index contributed by atoms with van der Waals surface area (Å²) in [6, 6.07) is 25.0. The quantitative estimate of drug-likeness (QED) is 0.199. The van der Waals surface area contributed by atoms with Crippen LogP contribution in [0.4, 0.5) is 5.69 Å². The molecule has 1 aromatic heterocycles. The predicted molar refractivity (Wildman–Crippen MR) is 159 cm³/mol. The molecule has 1 aliphatic rings. The molecule has 1 saturated heterocycles. The number of amides is 1. The number of esters is 1. The van der Waals surface area contributed by atoms with Crippen molar-refractivity contribution < 1.29 is 28.9 Å². The summed E-state index contributed by atoms with van der Waals surface area (Å²) in [6.07, 6.45) is -2.45. The van der Waals surface area contributed by atoms with Crippen LogP contribution in [0.5, 0.6) is 0 Å². The van der Waals surface area contributed by atoms with Crippen LogP contribution in [0, 0.1) is 0 Å². The highest BCUT2D eigenvalue weighted by atomic mass is 32.2. The lowest BCUT2D eigenvalue weighted by molar-refractivity contribution is -0.255. The van der Waals surface area contributed by atoms with E-state index in [9.17, 15) is 14.7 Å². The van der Waals surface area contributed by atoms with Gasteiger partial charge in [-0.25, -0.2) is 4.68 Å². The number of nitrogens with zero attached hydrogens (tertiary/aromatic N) is 4. The van der Waals surface area contributed by atoms with Crippen LogP contribution >= 0.6 is 11.8 Å². The largest absolute Gasteiger partial charge is 0.453 e. The highest BCUT2D eigenvalue weighted by molar-refractivity contribution is 7.99. The van der Waals surface area contributed by atoms with Gasteiger partial charge in [-0.05, 0) is 46.2 Å². The van der Waals surface area contributed by atoms with Crippen molar-refractivity contribution in [2.24, 2.45) is 7.05 Å². The van der Waals surface area contributed by atoms with Gasteiger partial charge in [-0.3, -0.25) is 9.59 Å². The molecular weight excluding hydrogens is 570 g/mol. The Kier molecular flexibility index (Phi) is 9.82. The molecule has 4 aromatic rings. The number of benzene rings is 3. The molecule has 0 radical (unpaired) electrons. The van der Waals surface area contributed by atoms with Crippen molar-refractivity contribution in [1.29, 1.82) is 0 Å². The third kappa shape index (κ3) is 7.46. The minimum atomic E-state index is -0.947. The maximum absolute atomic E-state index is 12.6. The Morgan fingerprint density at radius 3 is 2.44 bits per heavy atom. The molecule has 0 bridgehead atoms. The van der Waals surface area contributed by atoms with Crippen LogP contribution in [-0.2, 0) is 37.5 Å². The molecule has 0 saturated carbocycles. The van der Waals surface area contributed by atoms with E-state index in [1.54, 1.807) is 29.9 Å². The Bertz CT molecular complexity index is 1530. The van der Waals surface area contributed by atoms with E-state index >= 15 is 0 Å². The molecular formula is C31H33N5O6S. The number of tetrazole rings is 1. The summed E-state index contributed by atoms with van der Waals surface area (Å²) in [5, 5.41) is 24.9. The number of anilines is 1. The van der Waals surface area contributed by atoms with E-state index in [4.69, 9.17) is 14.2 Å². The molecule has 1 unspecified atom stereocenters. The predicted octanol–water partition coefficient (Wildman–Crippen LogP) is 4.32. The Balaban J connectivity index is 1.48. The minimum Gasteiger partial charge on any atom is -0.453 e. The van der Waals surface area contributed by atoms with Gasteiger partial charge in [0.25, 0.3) is 5.91 Å². The number of hydrogen-bond acceptors (Lipinski definition) is 10. The van der Waals surface area contributed by atoms with E-state index in [0.29, 0.717) is 22.2 Å². The number of ether oxygens (including phenoxy) is 3. The zero-order valence-corrected chi connectivity index (χ0v) is 24.8. The topological polar surface area (TPSA) is 138 Å². The molecule has 224 valence electrons. The van der Waals surface area contributed by atoms with Gasteiger partial charge in [0.15, 0.2) is 12.4 Å². The van der Waals surface area contributed by atoms with Gasteiger partial charge < -0.3 is 24.6 Å². The summed E-state index contributed by atoms with van der Waals surface area (Å²) in [4.78, 5) is 23.9. The van der Waals surface area contributed by atoms with Gasteiger partial charge in [-0.15, -0.1) is 5.10 Å². The van der Waals surface area contributed by atoms with Crippen molar-refractivity contribution in [3.63, 3.8) is 0 Å². The molecule has 12 heteroatoms. The molecule has 1 fully saturated rings. The van der Waals surface area contributed by atoms with Crippen LogP contribution in [0.15, 0.2) is 84.0 Å². The van der Waals surface area contributed by atoms with Gasteiger partial charge in [0, 0.05) is 36.9 Å². The zero-order chi connectivity index (χ0) is 30.3. The van der Waals surface area contributed by atoms with Gasteiger partial charge >= 0.3 is 5.97 Å². The van der Waals surface area contributed by atoms with Crippen LogP contribution in [-0.4, -0.2) is 55.2 Å². The highest BCUT2D eigenvalue weighted by Gasteiger charge is 2.42. The molecule has 43 heavy (non-hydrogen) atoms. The third-order valence-corrected chi connectivity index (χ3v) is 8.17. The molecule has 1 amide bonds. The molecule has 1 aliphatic heterocycles. The smallest absolute Gasteiger partial charge is 0.303 e. The van der Waals surface area contributed by atoms with Crippen LogP contribution in [0.2, 0.25) is 0 Å². The SMILES string of the molecule is CC(=O)O[C@@H](C)C(=O)Nc1cccc(C2O[C@H](CSc3nnnn3C)[C@@H](c3ccccc3)[C@H](c3ccc(CO)cc3)O2)c1. The Hall–Kier alpha value is -4.10. The second kappa shape index (κ2) is 13.9. The van der Waals surface area contributed by atoms with Crippen molar-refractivity contribution in [2.45, 2.75) is 56.1 Å². The molecule has 0 spiro atoms. The lowest BCUT2D eigenvalue weighted by Crippen LogP contribution is -2.38. The number of carbonyl (C=O) groups is 2. The first-order valence-corrected chi connectivity index (χ1v) is 14.8. The van der Waals surface area contributed by atoms with E-state index in [0.717, 1.165) is 16.7 Å². The molecule has 3 aromatic carbocycles. The van der Waals surface area contributed by atoms with Crippen molar-refractivity contribution in [2.75, 3.05) is 11.1 Å². The maximum atomic E-state index is 12.6. The van der Waals surface area contributed by atoms with Crippen LogP contribution in [0.25, 0.3) is 0 Å². The van der Waals surface area contributed by atoms with Crippen LogP contribution in [0.3, 0.4) is 0 Å². The summed E-state index contributed by atoms with van der Waals surface area (Å²) in [5.74, 6) is -0.628. The zero-order valence-electron chi connectivity index (χ0n) is 24.0. The minimum absolute atomic E-state index is 0.0563. The first-order chi connectivity index (χ1) is 20.8. The normalized spacial score (nSPS) is 20.7. The molecule has 0 aliphatic carbocycles. The third-order valence-electron chi connectivity index (χ3n) is 7.07. The number of nitrogens with one attached hydrogen (secondary N) is 1. The highest BCUT2D eigenvalue weighted by Crippen LogP contribution is 2.48. The Labute approximate surface area is 253 Å². The van der Waals surface area contributed by atoms with Crippen molar-refractivity contribution in [1.82, 2.24) is 20.2 Å². The van der Waals surface area contributed by atoms with Crippen molar-refractivity contribution in [3.8, 4) is 0 Å². The van der Waals surface area contributed by atoms with Gasteiger partial charge in [-0.1, -0.05) is 78.5 Å². The number of aryl methyl sites for hydroxylation is 1. The second-order valence-corrected chi connectivity index (χ2v) is 11.1.